The average molecular weight is 331 g/mol. The van der Waals surface area contributed by atoms with E-state index < -0.39 is 15.2 Å². The molecule has 120 valence electrons. The standard InChI is InChI=1S/C17H17NO4S/c19-12-6-11-18-16(20)14-9-4-5-10-15(14)23(21,22)17(18)13-7-2-1-3-8-13/h1-5,7-10,17,19H,6,11-12H2. The van der Waals surface area contributed by atoms with Gasteiger partial charge in [-0.3, -0.25) is 4.79 Å². The maximum absolute atomic E-state index is 13.1. The van der Waals surface area contributed by atoms with Crippen molar-refractivity contribution >= 4 is 15.7 Å². The Morgan fingerprint density at radius 1 is 1.00 bits per heavy atom. The van der Waals surface area contributed by atoms with Crippen molar-refractivity contribution in [3.05, 3.63) is 65.7 Å². The molecule has 0 aromatic heterocycles. The summed E-state index contributed by atoms with van der Waals surface area (Å²) in [5.74, 6) is -0.322. The van der Waals surface area contributed by atoms with Crippen LogP contribution in [-0.4, -0.2) is 37.5 Å². The van der Waals surface area contributed by atoms with Crippen LogP contribution >= 0.6 is 0 Å². The molecule has 3 rings (SSSR count). The van der Waals surface area contributed by atoms with Crippen molar-refractivity contribution in [3.63, 3.8) is 0 Å². The van der Waals surface area contributed by atoms with E-state index in [1.165, 1.54) is 17.0 Å². The Morgan fingerprint density at radius 3 is 2.35 bits per heavy atom. The molecule has 2 aromatic carbocycles. The zero-order chi connectivity index (χ0) is 16.4. The first-order valence-corrected chi connectivity index (χ1v) is 8.91. The summed E-state index contributed by atoms with van der Waals surface area (Å²) in [6.45, 7) is 0.0788. The summed E-state index contributed by atoms with van der Waals surface area (Å²) in [5, 5.41) is 8.02. The lowest BCUT2D eigenvalue weighted by atomic mass is 10.1. The Balaban J connectivity index is 2.20. The molecule has 1 aliphatic rings. The first kappa shape index (κ1) is 15.7. The molecule has 1 atom stereocenters. The van der Waals surface area contributed by atoms with E-state index in [4.69, 9.17) is 5.11 Å². The minimum absolute atomic E-state index is 0.0686. The van der Waals surface area contributed by atoms with Crippen LogP contribution in [0.25, 0.3) is 0 Å². The quantitative estimate of drug-likeness (QED) is 0.930. The van der Waals surface area contributed by atoms with Crippen LogP contribution in [0.3, 0.4) is 0 Å². The van der Waals surface area contributed by atoms with Gasteiger partial charge in [0.15, 0.2) is 5.37 Å². The summed E-state index contributed by atoms with van der Waals surface area (Å²) in [5.41, 5.74) is 0.742. The van der Waals surface area contributed by atoms with Gasteiger partial charge in [-0.1, -0.05) is 42.5 Å². The molecule has 0 saturated carbocycles. The zero-order valence-electron chi connectivity index (χ0n) is 12.4. The molecule has 1 unspecified atom stereocenters. The number of fused-ring (bicyclic) bond motifs is 1. The van der Waals surface area contributed by atoms with E-state index in [0.717, 1.165) is 0 Å². The van der Waals surface area contributed by atoms with E-state index in [0.29, 0.717) is 12.0 Å². The van der Waals surface area contributed by atoms with Crippen molar-refractivity contribution in [2.45, 2.75) is 16.7 Å². The van der Waals surface area contributed by atoms with Crippen molar-refractivity contribution in [2.75, 3.05) is 13.2 Å². The highest BCUT2D eigenvalue weighted by Gasteiger charge is 2.43. The number of carbonyl (C=O) groups is 1. The SMILES string of the molecule is O=C1c2ccccc2S(=O)(=O)C(c2ccccc2)N1CCCO. The largest absolute Gasteiger partial charge is 0.396 e. The van der Waals surface area contributed by atoms with Crippen LogP contribution in [0, 0.1) is 0 Å². The monoisotopic (exact) mass is 331 g/mol. The topological polar surface area (TPSA) is 74.7 Å². The van der Waals surface area contributed by atoms with Crippen LogP contribution in [0.15, 0.2) is 59.5 Å². The van der Waals surface area contributed by atoms with Crippen LogP contribution in [0.5, 0.6) is 0 Å². The first-order chi connectivity index (χ1) is 11.1. The van der Waals surface area contributed by atoms with E-state index in [1.54, 1.807) is 42.5 Å². The van der Waals surface area contributed by atoms with Gasteiger partial charge in [-0.25, -0.2) is 8.42 Å². The highest BCUT2D eigenvalue weighted by Crippen LogP contribution is 2.39. The Bertz CT molecular complexity index is 817. The molecule has 2 aromatic rings. The number of sulfone groups is 1. The van der Waals surface area contributed by atoms with Crippen molar-refractivity contribution in [2.24, 2.45) is 0 Å². The van der Waals surface area contributed by atoms with Gasteiger partial charge in [0.1, 0.15) is 0 Å². The molecule has 5 nitrogen and oxygen atoms in total. The number of carbonyl (C=O) groups excluding carboxylic acids is 1. The molecule has 0 aliphatic carbocycles. The zero-order valence-corrected chi connectivity index (χ0v) is 13.2. The highest BCUT2D eigenvalue weighted by atomic mass is 32.2. The van der Waals surface area contributed by atoms with E-state index in [1.807, 2.05) is 0 Å². The predicted octanol–water partition coefficient (Wildman–Crippen LogP) is 2.00. The summed E-state index contributed by atoms with van der Waals surface area (Å²) >= 11 is 0. The lowest BCUT2D eigenvalue weighted by Crippen LogP contribution is -2.44. The second-order valence-corrected chi connectivity index (χ2v) is 7.36. The van der Waals surface area contributed by atoms with Crippen LogP contribution in [0.4, 0.5) is 0 Å². The van der Waals surface area contributed by atoms with E-state index in [9.17, 15) is 13.2 Å². The van der Waals surface area contributed by atoms with Gasteiger partial charge in [-0.15, -0.1) is 0 Å². The van der Waals surface area contributed by atoms with E-state index in [-0.39, 0.29) is 29.5 Å². The van der Waals surface area contributed by atoms with Gasteiger partial charge in [0.05, 0.1) is 10.5 Å². The summed E-state index contributed by atoms with van der Waals surface area (Å²) in [6.07, 6.45) is 0.326. The summed E-state index contributed by atoms with van der Waals surface area (Å²) in [4.78, 5) is 14.2. The maximum atomic E-state index is 13.1. The second kappa shape index (κ2) is 6.14. The summed E-state index contributed by atoms with van der Waals surface area (Å²) < 4.78 is 26.1. The number of rotatable bonds is 4. The lowest BCUT2D eigenvalue weighted by molar-refractivity contribution is 0.0704. The number of hydrogen-bond acceptors (Lipinski definition) is 4. The van der Waals surface area contributed by atoms with Gasteiger partial charge in [0.25, 0.3) is 5.91 Å². The number of nitrogens with zero attached hydrogens (tertiary/aromatic N) is 1. The van der Waals surface area contributed by atoms with E-state index >= 15 is 0 Å². The predicted molar refractivity (Wildman–Crippen MR) is 85.6 cm³/mol. The van der Waals surface area contributed by atoms with Gasteiger partial charge in [0, 0.05) is 13.2 Å². The molecule has 0 fully saturated rings. The Hall–Kier alpha value is -2.18. The average Bonchev–Trinajstić information content (AvgIpc) is 2.57. The highest BCUT2D eigenvalue weighted by molar-refractivity contribution is 7.91. The molecule has 0 bridgehead atoms. The maximum Gasteiger partial charge on any atom is 0.256 e. The molecule has 23 heavy (non-hydrogen) atoms. The number of benzene rings is 2. The molecular weight excluding hydrogens is 314 g/mol. The Kier molecular flexibility index (Phi) is 4.19. The van der Waals surface area contributed by atoms with Crippen LogP contribution in [0.1, 0.15) is 27.7 Å². The van der Waals surface area contributed by atoms with Crippen LogP contribution in [-0.2, 0) is 9.84 Å². The molecule has 0 saturated heterocycles. The second-order valence-electron chi connectivity index (χ2n) is 5.38. The molecule has 1 amide bonds. The fraction of sp³-hybridized carbons (Fsp3) is 0.235. The third-order valence-electron chi connectivity index (χ3n) is 3.90. The summed E-state index contributed by atoms with van der Waals surface area (Å²) in [7, 11) is -3.72. The number of aliphatic hydroxyl groups is 1. The van der Waals surface area contributed by atoms with Crippen molar-refractivity contribution in [1.29, 1.82) is 0 Å². The molecule has 1 aliphatic heterocycles. The molecule has 1 heterocycles. The van der Waals surface area contributed by atoms with E-state index in [2.05, 4.69) is 0 Å². The molecule has 0 radical (unpaired) electrons. The normalized spacial score (nSPS) is 19.4. The van der Waals surface area contributed by atoms with Gasteiger partial charge in [-0.2, -0.15) is 0 Å². The van der Waals surface area contributed by atoms with Gasteiger partial charge >= 0.3 is 0 Å². The summed E-state index contributed by atoms with van der Waals surface area (Å²) in [6, 6.07) is 15.0. The van der Waals surface area contributed by atoms with Crippen LogP contribution in [0.2, 0.25) is 0 Å². The first-order valence-electron chi connectivity index (χ1n) is 7.37. The molecule has 1 N–H and O–H groups in total. The smallest absolute Gasteiger partial charge is 0.256 e. The minimum atomic E-state index is -3.72. The third-order valence-corrected chi connectivity index (χ3v) is 5.99. The molecule has 6 heteroatoms. The van der Waals surface area contributed by atoms with Gasteiger partial charge in [0.2, 0.25) is 9.84 Å². The fourth-order valence-electron chi connectivity index (χ4n) is 2.88. The van der Waals surface area contributed by atoms with Crippen molar-refractivity contribution < 1.29 is 18.3 Å². The molecule has 0 spiro atoms. The van der Waals surface area contributed by atoms with Gasteiger partial charge in [-0.05, 0) is 24.1 Å². The molecular formula is C17H17NO4S. The van der Waals surface area contributed by atoms with Crippen molar-refractivity contribution in [1.82, 2.24) is 4.90 Å². The lowest BCUT2D eigenvalue weighted by Gasteiger charge is -2.36. The van der Waals surface area contributed by atoms with Crippen molar-refractivity contribution in [3.8, 4) is 0 Å². The number of hydrogen-bond donors (Lipinski definition) is 1. The van der Waals surface area contributed by atoms with Crippen LogP contribution < -0.4 is 0 Å². The Morgan fingerprint density at radius 2 is 1.65 bits per heavy atom. The number of aliphatic hydroxyl groups excluding tert-OH is 1. The third kappa shape index (κ3) is 2.64. The minimum Gasteiger partial charge on any atom is -0.396 e. The number of amides is 1. The Labute approximate surface area is 135 Å². The fourth-order valence-corrected chi connectivity index (χ4v) is 4.90. The van der Waals surface area contributed by atoms with Gasteiger partial charge < -0.3 is 10.0 Å².